The van der Waals surface area contributed by atoms with Gasteiger partial charge in [-0.3, -0.25) is 0 Å². The number of fused-ring (bicyclic) bond motifs is 4. The van der Waals surface area contributed by atoms with Gasteiger partial charge in [0, 0.05) is 24.4 Å². The summed E-state index contributed by atoms with van der Waals surface area (Å²) in [7, 11) is 0. The molecule has 0 heterocycles. The fraction of sp³-hybridized carbons (Fsp3) is 0.382. The fourth-order valence-electron chi connectivity index (χ4n) is 5.89. The van der Waals surface area contributed by atoms with E-state index in [1.807, 2.05) is 12.1 Å². The predicted octanol–water partition coefficient (Wildman–Crippen LogP) is 7.62. The van der Waals surface area contributed by atoms with Gasteiger partial charge >= 0.3 is 6.09 Å². The first-order chi connectivity index (χ1) is 17.7. The summed E-state index contributed by atoms with van der Waals surface area (Å²) in [6.45, 7) is 12.3. The summed E-state index contributed by atoms with van der Waals surface area (Å²) in [5, 5.41) is 2.87. The third kappa shape index (κ3) is 4.90. The summed E-state index contributed by atoms with van der Waals surface area (Å²) in [5.41, 5.74) is 10.5. The molecular weight excluding hydrogens is 454 g/mol. The number of hydrogen-bond acceptors (Lipinski definition) is 2. The first kappa shape index (κ1) is 25.2. The lowest BCUT2D eigenvalue weighted by atomic mass is 9.62. The maximum atomic E-state index is 12.4. The molecule has 0 saturated carbocycles. The molecule has 3 aromatic carbocycles. The number of amides is 1. The number of ether oxygens (including phenoxy) is 1. The number of carbonyl (C=O) groups is 1. The first-order valence-corrected chi connectivity index (χ1v) is 13.4. The van der Waals surface area contributed by atoms with Gasteiger partial charge in [0.1, 0.15) is 6.61 Å². The summed E-state index contributed by atoms with van der Waals surface area (Å²) < 4.78 is 5.63. The van der Waals surface area contributed by atoms with Gasteiger partial charge < -0.3 is 10.1 Å². The first-order valence-electron chi connectivity index (χ1n) is 13.4. The Balaban J connectivity index is 1.17. The normalized spacial score (nSPS) is 16.6. The van der Waals surface area contributed by atoms with E-state index in [1.54, 1.807) is 0 Å². The molecule has 2 aliphatic rings. The minimum atomic E-state index is -0.391. The van der Waals surface area contributed by atoms with Crippen LogP contribution in [-0.4, -0.2) is 19.2 Å². The summed E-state index contributed by atoms with van der Waals surface area (Å²) >= 11 is 0. The van der Waals surface area contributed by atoms with Crippen molar-refractivity contribution in [1.29, 1.82) is 0 Å². The van der Waals surface area contributed by atoms with Crippen LogP contribution in [0.25, 0.3) is 11.1 Å². The quantitative estimate of drug-likeness (QED) is 0.301. The van der Waals surface area contributed by atoms with Crippen LogP contribution in [0.4, 0.5) is 4.79 Å². The molecule has 0 bridgehead atoms. The Labute approximate surface area is 221 Å². The van der Waals surface area contributed by atoms with Gasteiger partial charge in [-0.25, -0.2) is 4.79 Å². The van der Waals surface area contributed by atoms with Crippen LogP contribution in [-0.2, 0) is 15.6 Å². The molecular formula is C34H37NO2. The van der Waals surface area contributed by atoms with Gasteiger partial charge in [-0.05, 0) is 75.6 Å². The zero-order valence-corrected chi connectivity index (χ0v) is 22.7. The second-order valence-corrected chi connectivity index (χ2v) is 11.8. The molecule has 5 rings (SSSR count). The van der Waals surface area contributed by atoms with Crippen LogP contribution in [0.1, 0.15) is 86.3 Å². The summed E-state index contributed by atoms with van der Waals surface area (Å²) in [6.07, 6.45) is 2.58. The molecule has 0 spiro atoms. The molecule has 3 aromatic rings. The molecule has 0 unspecified atom stereocenters. The lowest BCUT2D eigenvalue weighted by Crippen LogP contribution is -2.34. The van der Waals surface area contributed by atoms with E-state index in [9.17, 15) is 4.79 Å². The number of nitrogens with one attached hydrogen (secondary N) is 1. The molecule has 0 radical (unpaired) electrons. The molecule has 1 N–H and O–H groups in total. The molecule has 0 aliphatic heterocycles. The van der Waals surface area contributed by atoms with Crippen molar-refractivity contribution < 1.29 is 9.53 Å². The van der Waals surface area contributed by atoms with Crippen LogP contribution in [0.15, 0.2) is 60.7 Å². The van der Waals surface area contributed by atoms with Crippen LogP contribution >= 0.6 is 0 Å². The smallest absolute Gasteiger partial charge is 0.407 e. The average Bonchev–Trinajstić information content (AvgIpc) is 3.20. The van der Waals surface area contributed by atoms with E-state index in [0.717, 1.165) is 5.56 Å². The van der Waals surface area contributed by atoms with Crippen molar-refractivity contribution in [1.82, 2.24) is 5.32 Å². The number of alkyl carbamates (subject to hydrolysis) is 1. The number of aryl methyl sites for hydroxylation is 1. The Bertz CT molecular complexity index is 1360. The van der Waals surface area contributed by atoms with E-state index in [2.05, 4.69) is 100 Å². The monoisotopic (exact) mass is 491 g/mol. The SMILES string of the molecule is Cc1cc2c(cc1C#CCCNC(=O)OCC1c3ccccc3-c3ccccc31)C(C)(C)CCC2(C)C. The van der Waals surface area contributed by atoms with Crippen molar-refractivity contribution in [3.8, 4) is 23.0 Å². The second-order valence-electron chi connectivity index (χ2n) is 11.8. The summed E-state index contributed by atoms with van der Waals surface area (Å²) in [4.78, 5) is 12.4. The van der Waals surface area contributed by atoms with Gasteiger partial charge in [-0.2, -0.15) is 0 Å². The van der Waals surface area contributed by atoms with E-state index in [0.29, 0.717) is 19.6 Å². The Kier molecular flexibility index (Phi) is 6.63. The van der Waals surface area contributed by atoms with Crippen LogP contribution < -0.4 is 5.32 Å². The largest absolute Gasteiger partial charge is 0.449 e. The molecule has 2 aliphatic carbocycles. The lowest BCUT2D eigenvalue weighted by molar-refractivity contribution is 0.143. The molecule has 0 aromatic heterocycles. The van der Waals surface area contributed by atoms with Crippen LogP contribution in [0.3, 0.4) is 0 Å². The molecule has 0 fully saturated rings. The van der Waals surface area contributed by atoms with Crippen LogP contribution in [0, 0.1) is 18.8 Å². The Morgan fingerprint density at radius 3 is 2.11 bits per heavy atom. The zero-order chi connectivity index (χ0) is 26.2. The van der Waals surface area contributed by atoms with Crippen molar-refractivity contribution in [3.63, 3.8) is 0 Å². The minimum Gasteiger partial charge on any atom is -0.449 e. The third-order valence-electron chi connectivity index (χ3n) is 8.28. The van der Waals surface area contributed by atoms with E-state index in [4.69, 9.17) is 4.74 Å². The second kappa shape index (κ2) is 9.75. The lowest BCUT2D eigenvalue weighted by Gasteiger charge is -2.42. The van der Waals surface area contributed by atoms with Gasteiger partial charge in [0.05, 0.1) is 0 Å². The summed E-state index contributed by atoms with van der Waals surface area (Å²) in [5.74, 6) is 6.68. The van der Waals surface area contributed by atoms with E-state index >= 15 is 0 Å². The number of carbonyl (C=O) groups excluding carboxylic acids is 1. The number of hydrogen-bond donors (Lipinski definition) is 1. The molecule has 0 atom stereocenters. The molecule has 3 nitrogen and oxygen atoms in total. The Morgan fingerprint density at radius 2 is 1.49 bits per heavy atom. The van der Waals surface area contributed by atoms with Crippen molar-refractivity contribution in [2.24, 2.45) is 0 Å². The highest BCUT2D eigenvalue weighted by atomic mass is 16.5. The van der Waals surface area contributed by atoms with Crippen molar-refractivity contribution in [3.05, 3.63) is 94.0 Å². The van der Waals surface area contributed by atoms with Crippen molar-refractivity contribution >= 4 is 6.09 Å². The molecule has 1 amide bonds. The zero-order valence-electron chi connectivity index (χ0n) is 22.7. The van der Waals surface area contributed by atoms with Crippen molar-refractivity contribution in [2.75, 3.05) is 13.2 Å². The fourth-order valence-corrected chi connectivity index (χ4v) is 5.89. The van der Waals surface area contributed by atoms with Gasteiger partial charge in [0.2, 0.25) is 0 Å². The highest BCUT2D eigenvalue weighted by Gasteiger charge is 2.37. The number of rotatable bonds is 4. The Hall–Kier alpha value is -3.51. The van der Waals surface area contributed by atoms with Crippen LogP contribution in [0.5, 0.6) is 0 Å². The van der Waals surface area contributed by atoms with Crippen molar-refractivity contribution in [2.45, 2.75) is 70.6 Å². The van der Waals surface area contributed by atoms with Gasteiger partial charge in [0.15, 0.2) is 0 Å². The maximum Gasteiger partial charge on any atom is 0.407 e. The van der Waals surface area contributed by atoms with Crippen LogP contribution in [0.2, 0.25) is 0 Å². The van der Waals surface area contributed by atoms with E-state index < -0.39 is 6.09 Å². The topological polar surface area (TPSA) is 38.3 Å². The van der Waals surface area contributed by atoms with E-state index in [-0.39, 0.29) is 16.7 Å². The molecule has 190 valence electrons. The molecule has 3 heteroatoms. The van der Waals surface area contributed by atoms with Gasteiger partial charge in [-0.15, -0.1) is 0 Å². The number of benzene rings is 3. The third-order valence-corrected chi connectivity index (χ3v) is 8.28. The average molecular weight is 492 g/mol. The minimum absolute atomic E-state index is 0.0687. The highest BCUT2D eigenvalue weighted by Crippen LogP contribution is 2.47. The van der Waals surface area contributed by atoms with E-state index in [1.165, 1.54) is 51.8 Å². The maximum absolute atomic E-state index is 12.4. The van der Waals surface area contributed by atoms with Gasteiger partial charge in [-0.1, -0.05) is 94.1 Å². The van der Waals surface area contributed by atoms with Gasteiger partial charge in [0.25, 0.3) is 0 Å². The highest BCUT2D eigenvalue weighted by molar-refractivity contribution is 5.79. The predicted molar refractivity (Wildman–Crippen MR) is 151 cm³/mol. The Morgan fingerprint density at radius 1 is 0.919 bits per heavy atom. The molecule has 37 heavy (non-hydrogen) atoms. The molecule has 0 saturated heterocycles. The standard InChI is InChI=1S/C34H37NO2/c1-23-20-30-31(34(4,5)18-17-33(30,2)3)21-24(23)12-10-11-19-35-32(36)37-22-29-27-15-8-6-13-25(27)26-14-7-9-16-28(26)29/h6-9,13-16,20-21,29H,11,17-19,22H2,1-5H3,(H,35,36). The summed E-state index contributed by atoms with van der Waals surface area (Å²) in [6, 6.07) is 21.4.